The molecule has 0 aromatic carbocycles. The van der Waals surface area contributed by atoms with E-state index in [1.807, 2.05) is 6.07 Å². The van der Waals surface area contributed by atoms with Gasteiger partial charge in [0.25, 0.3) is 0 Å². The number of hydrogen-bond donors (Lipinski definition) is 1. The summed E-state index contributed by atoms with van der Waals surface area (Å²) in [4.78, 5) is 17.7. The van der Waals surface area contributed by atoms with Crippen molar-refractivity contribution in [2.24, 2.45) is 46.8 Å². The van der Waals surface area contributed by atoms with E-state index >= 15 is 0 Å². The van der Waals surface area contributed by atoms with E-state index in [-0.39, 0.29) is 16.9 Å². The third-order valence-corrected chi connectivity index (χ3v) is 11.0. The Hall–Kier alpha value is -1.82. The number of hydrogen-bond acceptors (Lipinski definition) is 5. The van der Waals surface area contributed by atoms with Gasteiger partial charge in [0.15, 0.2) is 5.78 Å². The largest absolute Gasteiger partial charge is 0.390 e. The van der Waals surface area contributed by atoms with Crippen molar-refractivity contribution in [2.75, 3.05) is 0 Å². The van der Waals surface area contributed by atoms with Crippen molar-refractivity contribution in [3.8, 4) is 0 Å². The lowest BCUT2D eigenvalue weighted by Crippen LogP contribution is -2.50. The van der Waals surface area contributed by atoms with E-state index in [0.29, 0.717) is 24.2 Å². The maximum absolute atomic E-state index is 13.6. The predicted octanol–water partition coefficient (Wildman–Crippen LogP) is 4.03. The normalized spacial score (nSPS) is 46.8. The SMILES string of the molecule is C[C@]12CC[C@@H]3[C@H]4CC[C@]5(O)CC5[C@@H]4CC[C@H]3[C@@H]1CC[C@@H]2C(=O)Cn1nnc2cnccc21. The zero-order valence-electron chi connectivity index (χ0n) is 19.0. The number of ketones is 1. The van der Waals surface area contributed by atoms with Crippen LogP contribution in [0.3, 0.4) is 0 Å². The second kappa shape index (κ2) is 6.62. The predicted molar refractivity (Wildman–Crippen MR) is 119 cm³/mol. The van der Waals surface area contributed by atoms with Gasteiger partial charge in [-0.25, -0.2) is 4.68 Å². The summed E-state index contributed by atoms with van der Waals surface area (Å²) in [6.07, 6.45) is 14.1. The van der Waals surface area contributed by atoms with Crippen molar-refractivity contribution in [1.82, 2.24) is 20.0 Å². The first-order valence-electron chi connectivity index (χ1n) is 12.9. The van der Waals surface area contributed by atoms with E-state index in [0.717, 1.165) is 54.0 Å². The number of nitrogens with zero attached hydrogens (tertiary/aromatic N) is 4. The van der Waals surface area contributed by atoms with E-state index in [9.17, 15) is 9.90 Å². The van der Waals surface area contributed by atoms with Crippen molar-refractivity contribution in [3.05, 3.63) is 18.5 Å². The highest BCUT2D eigenvalue weighted by molar-refractivity contribution is 5.84. The van der Waals surface area contributed by atoms with Gasteiger partial charge in [0, 0.05) is 12.1 Å². The summed E-state index contributed by atoms with van der Waals surface area (Å²) in [5.41, 5.74) is 1.50. The first-order chi connectivity index (χ1) is 15.5. The highest BCUT2D eigenvalue weighted by Crippen LogP contribution is 2.68. The Bertz CT molecular complexity index is 1080. The highest BCUT2D eigenvalue weighted by atomic mass is 16.3. The molecule has 5 aliphatic carbocycles. The van der Waals surface area contributed by atoms with Gasteiger partial charge in [0.1, 0.15) is 12.1 Å². The van der Waals surface area contributed by atoms with Crippen LogP contribution >= 0.6 is 0 Å². The van der Waals surface area contributed by atoms with Gasteiger partial charge in [0.05, 0.1) is 17.3 Å². The molecule has 5 aliphatic rings. The molecule has 1 unspecified atom stereocenters. The van der Waals surface area contributed by atoms with Gasteiger partial charge in [-0.15, -0.1) is 5.10 Å². The minimum absolute atomic E-state index is 0.137. The molecule has 170 valence electrons. The van der Waals surface area contributed by atoms with Gasteiger partial charge in [-0.05, 0) is 105 Å². The van der Waals surface area contributed by atoms with Gasteiger partial charge < -0.3 is 5.11 Å². The summed E-state index contributed by atoms with van der Waals surface area (Å²) in [5.74, 6) is 4.99. The maximum Gasteiger partial charge on any atom is 0.157 e. The lowest BCUT2D eigenvalue weighted by atomic mass is 9.49. The molecule has 5 saturated carbocycles. The van der Waals surface area contributed by atoms with E-state index < -0.39 is 0 Å². The number of carbonyl (C=O) groups is 1. The summed E-state index contributed by atoms with van der Waals surface area (Å²) < 4.78 is 1.77. The maximum atomic E-state index is 13.6. The van der Waals surface area contributed by atoms with Gasteiger partial charge in [-0.1, -0.05) is 12.1 Å². The van der Waals surface area contributed by atoms with Crippen molar-refractivity contribution in [3.63, 3.8) is 0 Å². The lowest BCUT2D eigenvalue weighted by Gasteiger charge is -2.56. The topological polar surface area (TPSA) is 80.9 Å². The molecule has 7 rings (SSSR count). The second-order valence-corrected chi connectivity index (χ2v) is 12.0. The Kier molecular flexibility index (Phi) is 4.06. The zero-order chi connectivity index (χ0) is 21.7. The summed E-state index contributed by atoms with van der Waals surface area (Å²) in [6, 6.07) is 1.90. The Labute approximate surface area is 189 Å². The zero-order valence-corrected chi connectivity index (χ0v) is 19.0. The van der Waals surface area contributed by atoms with Crippen LogP contribution in [-0.2, 0) is 11.3 Å². The minimum Gasteiger partial charge on any atom is -0.390 e. The van der Waals surface area contributed by atoms with Crippen LogP contribution in [0.15, 0.2) is 18.5 Å². The van der Waals surface area contributed by atoms with Gasteiger partial charge in [0.2, 0.25) is 0 Å². The van der Waals surface area contributed by atoms with Crippen molar-refractivity contribution in [2.45, 2.75) is 76.9 Å². The standard InChI is InChI=1S/C26H34N4O2/c1-25-9-6-15-16-7-10-26(32)12-21(26)18(16)3-2-17(15)19(25)4-5-20(25)24(31)14-30-23-8-11-27-13-22(23)28-29-30/h8,11,13,15-21,32H,2-7,9-10,12,14H2,1H3/t15-,16-,17-,18-,19+,20-,21?,25+,26+/m1/s1. The highest BCUT2D eigenvalue weighted by Gasteiger charge is 2.65. The van der Waals surface area contributed by atoms with E-state index in [4.69, 9.17) is 0 Å². The van der Waals surface area contributed by atoms with Gasteiger partial charge in [-0.2, -0.15) is 0 Å². The fourth-order valence-corrected chi connectivity index (χ4v) is 9.41. The van der Waals surface area contributed by atoms with Crippen LogP contribution in [0, 0.1) is 46.8 Å². The number of aromatic nitrogens is 4. The number of fused-ring (bicyclic) bond motifs is 8. The van der Waals surface area contributed by atoms with Crippen molar-refractivity contribution in [1.29, 1.82) is 0 Å². The average Bonchev–Trinajstić information content (AvgIpc) is 3.15. The molecule has 0 radical (unpaired) electrons. The Morgan fingerprint density at radius 1 is 1.06 bits per heavy atom. The number of carbonyl (C=O) groups excluding carboxylic acids is 1. The molecule has 2 heterocycles. The number of aliphatic hydroxyl groups is 1. The van der Waals surface area contributed by atoms with Crippen LogP contribution in [-0.4, -0.2) is 36.5 Å². The van der Waals surface area contributed by atoms with Gasteiger partial charge in [-0.3, -0.25) is 9.78 Å². The molecule has 5 fully saturated rings. The summed E-state index contributed by atoms with van der Waals surface area (Å²) >= 11 is 0. The smallest absolute Gasteiger partial charge is 0.157 e. The fourth-order valence-electron chi connectivity index (χ4n) is 9.41. The van der Waals surface area contributed by atoms with E-state index in [1.165, 1.54) is 38.5 Å². The van der Waals surface area contributed by atoms with Crippen LogP contribution < -0.4 is 0 Å². The Morgan fingerprint density at radius 3 is 2.69 bits per heavy atom. The molecule has 0 saturated heterocycles. The summed E-state index contributed by atoms with van der Waals surface area (Å²) in [6.45, 7) is 2.76. The van der Waals surface area contributed by atoms with Crippen LogP contribution in [0.1, 0.15) is 64.7 Å². The van der Waals surface area contributed by atoms with Crippen LogP contribution in [0.5, 0.6) is 0 Å². The lowest BCUT2D eigenvalue weighted by molar-refractivity contribution is -0.131. The number of pyridine rings is 1. The number of Topliss-reactive ketones (excluding diaryl/α,β-unsaturated/α-hetero) is 1. The molecule has 0 bridgehead atoms. The molecule has 0 amide bonds. The Balaban J connectivity index is 1.11. The molecular formula is C26H34N4O2. The summed E-state index contributed by atoms with van der Waals surface area (Å²) in [5, 5.41) is 19.1. The van der Waals surface area contributed by atoms with Crippen molar-refractivity contribution >= 4 is 16.8 Å². The molecule has 6 nitrogen and oxygen atoms in total. The second-order valence-electron chi connectivity index (χ2n) is 12.0. The Morgan fingerprint density at radius 2 is 1.84 bits per heavy atom. The third kappa shape index (κ3) is 2.62. The van der Waals surface area contributed by atoms with Crippen LogP contribution in [0.4, 0.5) is 0 Å². The van der Waals surface area contributed by atoms with E-state index in [2.05, 4.69) is 22.2 Å². The molecule has 6 heteroatoms. The third-order valence-electron chi connectivity index (χ3n) is 11.0. The molecule has 0 spiro atoms. The van der Waals surface area contributed by atoms with Crippen LogP contribution in [0.25, 0.3) is 11.0 Å². The quantitative estimate of drug-likeness (QED) is 0.789. The molecule has 1 N–H and O–H groups in total. The first kappa shape index (κ1) is 19.6. The van der Waals surface area contributed by atoms with Gasteiger partial charge >= 0.3 is 0 Å². The molecular weight excluding hydrogens is 400 g/mol. The van der Waals surface area contributed by atoms with Crippen LogP contribution in [0.2, 0.25) is 0 Å². The average molecular weight is 435 g/mol. The summed E-state index contributed by atoms with van der Waals surface area (Å²) in [7, 11) is 0. The molecule has 9 atom stereocenters. The molecule has 2 aromatic rings. The van der Waals surface area contributed by atoms with E-state index in [1.54, 1.807) is 17.1 Å². The van der Waals surface area contributed by atoms with Crippen molar-refractivity contribution < 1.29 is 9.90 Å². The minimum atomic E-state index is -0.288. The number of rotatable bonds is 3. The molecule has 32 heavy (non-hydrogen) atoms. The fraction of sp³-hybridized carbons (Fsp3) is 0.769. The monoisotopic (exact) mass is 434 g/mol. The first-order valence-corrected chi connectivity index (χ1v) is 12.9. The molecule has 0 aliphatic heterocycles. The molecule has 2 aromatic heterocycles.